The molecule has 0 saturated heterocycles. The van der Waals surface area contributed by atoms with Crippen molar-refractivity contribution in [2.45, 2.75) is 39.8 Å². The highest BCUT2D eigenvalue weighted by Gasteiger charge is 2.13. The van der Waals surface area contributed by atoms with Crippen LogP contribution in [-0.2, 0) is 13.0 Å². The zero-order chi connectivity index (χ0) is 13.8. The molecule has 0 fully saturated rings. The van der Waals surface area contributed by atoms with Gasteiger partial charge in [-0.3, -0.25) is 0 Å². The SMILES string of the molecule is CCc1nc(COc2ccccc2C)sc1C(C)N. The Morgan fingerprint density at radius 1 is 1.37 bits per heavy atom. The zero-order valence-corrected chi connectivity index (χ0v) is 12.5. The van der Waals surface area contributed by atoms with Crippen LogP contribution in [0, 0.1) is 6.92 Å². The first-order chi connectivity index (χ1) is 9.11. The van der Waals surface area contributed by atoms with Crippen LogP contribution in [0.15, 0.2) is 24.3 Å². The van der Waals surface area contributed by atoms with Crippen molar-refractivity contribution in [1.82, 2.24) is 4.98 Å². The van der Waals surface area contributed by atoms with Crippen molar-refractivity contribution >= 4 is 11.3 Å². The number of nitrogens with zero attached hydrogens (tertiary/aromatic N) is 1. The molecule has 2 rings (SSSR count). The first kappa shape index (κ1) is 14.0. The molecule has 102 valence electrons. The molecule has 0 spiro atoms. The average Bonchev–Trinajstić information content (AvgIpc) is 2.81. The van der Waals surface area contributed by atoms with E-state index in [1.165, 1.54) is 4.88 Å². The number of aromatic nitrogens is 1. The van der Waals surface area contributed by atoms with E-state index in [1.807, 2.05) is 38.1 Å². The van der Waals surface area contributed by atoms with Crippen molar-refractivity contribution in [1.29, 1.82) is 0 Å². The van der Waals surface area contributed by atoms with Gasteiger partial charge in [0.1, 0.15) is 17.4 Å². The third kappa shape index (κ3) is 3.33. The molecule has 0 aliphatic rings. The summed E-state index contributed by atoms with van der Waals surface area (Å²) in [4.78, 5) is 5.78. The Balaban J connectivity index is 2.10. The van der Waals surface area contributed by atoms with Crippen LogP contribution in [0.4, 0.5) is 0 Å². The van der Waals surface area contributed by atoms with Crippen molar-refractivity contribution in [3.8, 4) is 5.75 Å². The Kier molecular flexibility index (Phi) is 4.56. The summed E-state index contributed by atoms with van der Waals surface area (Å²) < 4.78 is 5.82. The van der Waals surface area contributed by atoms with Gasteiger partial charge in [-0.2, -0.15) is 0 Å². The minimum atomic E-state index is 0.0414. The molecule has 1 aromatic heterocycles. The standard InChI is InChI=1S/C15H20N2OS/c1-4-12-15(11(3)16)19-14(17-12)9-18-13-8-6-5-7-10(13)2/h5-8,11H,4,9,16H2,1-3H3. The highest BCUT2D eigenvalue weighted by atomic mass is 32.1. The molecule has 3 nitrogen and oxygen atoms in total. The van der Waals surface area contributed by atoms with Gasteiger partial charge in [-0.25, -0.2) is 4.98 Å². The summed E-state index contributed by atoms with van der Waals surface area (Å²) in [5.74, 6) is 0.915. The van der Waals surface area contributed by atoms with Crippen molar-refractivity contribution < 1.29 is 4.74 Å². The summed E-state index contributed by atoms with van der Waals surface area (Å²) >= 11 is 1.66. The molecule has 2 N–H and O–H groups in total. The summed E-state index contributed by atoms with van der Waals surface area (Å²) in [7, 11) is 0. The summed E-state index contributed by atoms with van der Waals surface area (Å²) in [6.07, 6.45) is 0.914. The Morgan fingerprint density at radius 2 is 2.11 bits per heavy atom. The Hall–Kier alpha value is -1.39. The van der Waals surface area contributed by atoms with Crippen LogP contribution < -0.4 is 10.5 Å². The number of rotatable bonds is 5. The molecule has 4 heteroatoms. The van der Waals surface area contributed by atoms with E-state index in [0.717, 1.165) is 28.4 Å². The summed E-state index contributed by atoms with van der Waals surface area (Å²) in [5, 5.41) is 0.993. The number of thiazole rings is 1. The lowest BCUT2D eigenvalue weighted by atomic mass is 10.2. The number of aryl methyl sites for hydroxylation is 2. The molecule has 1 unspecified atom stereocenters. The third-order valence-corrected chi connectivity index (χ3v) is 4.24. The maximum Gasteiger partial charge on any atom is 0.140 e. The summed E-state index contributed by atoms with van der Waals surface area (Å²) in [5.41, 5.74) is 8.21. The molecule has 0 radical (unpaired) electrons. The van der Waals surface area contributed by atoms with Crippen LogP contribution in [0.5, 0.6) is 5.75 Å². The molecule has 0 aliphatic heterocycles. The van der Waals surface area contributed by atoms with Crippen LogP contribution in [0.1, 0.15) is 41.0 Å². The van der Waals surface area contributed by atoms with Crippen molar-refractivity contribution in [2.75, 3.05) is 0 Å². The summed E-state index contributed by atoms with van der Waals surface area (Å²) in [6.45, 7) is 6.66. The molecule has 0 bridgehead atoms. The van der Waals surface area contributed by atoms with Crippen LogP contribution in [0.25, 0.3) is 0 Å². The fourth-order valence-corrected chi connectivity index (χ4v) is 2.96. The number of benzene rings is 1. The first-order valence-corrected chi connectivity index (χ1v) is 7.36. The summed E-state index contributed by atoms with van der Waals surface area (Å²) in [6, 6.07) is 8.06. The van der Waals surface area contributed by atoms with Gasteiger partial charge in [-0.05, 0) is 31.9 Å². The van der Waals surface area contributed by atoms with E-state index in [0.29, 0.717) is 6.61 Å². The molecule has 1 aromatic carbocycles. The number of hydrogen-bond donors (Lipinski definition) is 1. The minimum absolute atomic E-state index is 0.0414. The molecule has 0 saturated carbocycles. The Bertz CT molecular complexity index is 549. The van der Waals surface area contributed by atoms with Crippen LogP contribution in [0.3, 0.4) is 0 Å². The quantitative estimate of drug-likeness (QED) is 0.907. The number of para-hydroxylation sites is 1. The minimum Gasteiger partial charge on any atom is -0.486 e. The van der Waals surface area contributed by atoms with E-state index in [9.17, 15) is 0 Å². The molecular formula is C15H20N2OS. The lowest BCUT2D eigenvalue weighted by Gasteiger charge is -2.06. The second-order valence-corrected chi connectivity index (χ2v) is 5.73. The van der Waals surface area contributed by atoms with E-state index in [2.05, 4.69) is 11.9 Å². The number of ether oxygens (including phenoxy) is 1. The second kappa shape index (κ2) is 6.17. The lowest BCUT2D eigenvalue weighted by molar-refractivity contribution is 0.303. The monoisotopic (exact) mass is 276 g/mol. The third-order valence-electron chi connectivity index (χ3n) is 2.97. The van der Waals surface area contributed by atoms with Crippen molar-refractivity contribution in [3.05, 3.63) is 45.4 Å². The zero-order valence-electron chi connectivity index (χ0n) is 11.6. The van der Waals surface area contributed by atoms with E-state index >= 15 is 0 Å². The van der Waals surface area contributed by atoms with Gasteiger partial charge in [0.15, 0.2) is 0 Å². The molecule has 1 heterocycles. The van der Waals surface area contributed by atoms with Gasteiger partial charge in [0.2, 0.25) is 0 Å². The predicted octanol–water partition coefficient (Wildman–Crippen LogP) is 3.61. The largest absolute Gasteiger partial charge is 0.486 e. The van der Waals surface area contributed by atoms with E-state index in [4.69, 9.17) is 10.5 Å². The Labute approximate surface area is 118 Å². The molecule has 1 atom stereocenters. The number of nitrogens with two attached hydrogens (primary N) is 1. The molecule has 0 aliphatic carbocycles. The highest BCUT2D eigenvalue weighted by Crippen LogP contribution is 2.26. The fraction of sp³-hybridized carbons (Fsp3) is 0.400. The van der Waals surface area contributed by atoms with Crippen LogP contribution >= 0.6 is 11.3 Å². The van der Waals surface area contributed by atoms with Crippen molar-refractivity contribution in [2.24, 2.45) is 5.73 Å². The Morgan fingerprint density at radius 3 is 2.68 bits per heavy atom. The fourth-order valence-electron chi connectivity index (χ4n) is 1.94. The average molecular weight is 276 g/mol. The molecule has 19 heavy (non-hydrogen) atoms. The smallest absolute Gasteiger partial charge is 0.140 e. The predicted molar refractivity (Wildman–Crippen MR) is 79.6 cm³/mol. The van der Waals surface area contributed by atoms with E-state index < -0.39 is 0 Å². The first-order valence-electron chi connectivity index (χ1n) is 6.54. The van der Waals surface area contributed by atoms with Gasteiger partial charge in [0.05, 0.1) is 5.69 Å². The van der Waals surface area contributed by atoms with Crippen molar-refractivity contribution in [3.63, 3.8) is 0 Å². The van der Waals surface area contributed by atoms with Gasteiger partial charge in [0.25, 0.3) is 0 Å². The van der Waals surface area contributed by atoms with Gasteiger partial charge >= 0.3 is 0 Å². The van der Waals surface area contributed by atoms with Crippen LogP contribution in [-0.4, -0.2) is 4.98 Å². The van der Waals surface area contributed by atoms with Gasteiger partial charge in [-0.15, -0.1) is 11.3 Å². The highest BCUT2D eigenvalue weighted by molar-refractivity contribution is 7.11. The normalized spacial score (nSPS) is 12.4. The lowest BCUT2D eigenvalue weighted by Crippen LogP contribution is -2.05. The van der Waals surface area contributed by atoms with Crippen LogP contribution in [0.2, 0.25) is 0 Å². The molecular weight excluding hydrogens is 256 g/mol. The topological polar surface area (TPSA) is 48.1 Å². The second-order valence-electron chi connectivity index (χ2n) is 4.61. The number of hydrogen-bond acceptors (Lipinski definition) is 4. The van der Waals surface area contributed by atoms with Gasteiger partial charge < -0.3 is 10.5 Å². The van der Waals surface area contributed by atoms with E-state index in [-0.39, 0.29) is 6.04 Å². The maximum atomic E-state index is 5.96. The van der Waals surface area contributed by atoms with E-state index in [1.54, 1.807) is 11.3 Å². The van der Waals surface area contributed by atoms with Gasteiger partial charge in [0, 0.05) is 10.9 Å². The maximum absolute atomic E-state index is 5.96. The van der Waals surface area contributed by atoms with Gasteiger partial charge in [-0.1, -0.05) is 25.1 Å². The molecule has 2 aromatic rings. The molecule has 0 amide bonds.